The Bertz CT molecular complexity index is 761. The fraction of sp³-hybridized carbons (Fsp3) is 0.474. The molecule has 1 aromatic carbocycles. The summed E-state index contributed by atoms with van der Waals surface area (Å²) in [5, 5.41) is 16.5. The van der Waals surface area contributed by atoms with Gasteiger partial charge in [0.25, 0.3) is 5.69 Å². The molecule has 0 aliphatic carbocycles. The van der Waals surface area contributed by atoms with Crippen LogP contribution in [0.4, 0.5) is 11.4 Å². The summed E-state index contributed by atoms with van der Waals surface area (Å²) in [6.45, 7) is 8.70. The lowest BCUT2D eigenvalue weighted by Crippen LogP contribution is -2.54. The number of nitrogens with zero attached hydrogens (tertiary/aromatic N) is 3. The van der Waals surface area contributed by atoms with E-state index in [1.165, 1.54) is 25.3 Å². The Balaban J connectivity index is 1.91. The van der Waals surface area contributed by atoms with Crippen molar-refractivity contribution in [2.24, 2.45) is 0 Å². The third kappa shape index (κ3) is 6.26. The van der Waals surface area contributed by atoms with Crippen LogP contribution in [0, 0.1) is 10.1 Å². The van der Waals surface area contributed by atoms with E-state index in [-0.39, 0.29) is 23.2 Å². The van der Waals surface area contributed by atoms with Crippen molar-refractivity contribution in [3.8, 4) is 5.75 Å². The molecule has 29 heavy (non-hydrogen) atoms. The molecule has 1 heterocycles. The van der Waals surface area contributed by atoms with Gasteiger partial charge in [-0.15, -0.1) is 6.58 Å². The van der Waals surface area contributed by atoms with E-state index in [0.717, 1.165) is 0 Å². The van der Waals surface area contributed by atoms with Crippen molar-refractivity contribution in [3.05, 3.63) is 41.0 Å². The minimum absolute atomic E-state index is 0.0538. The molecule has 0 bridgehead atoms. The minimum atomic E-state index is -0.525. The first kappa shape index (κ1) is 22.3. The van der Waals surface area contributed by atoms with Gasteiger partial charge in [0.05, 0.1) is 30.3 Å². The van der Waals surface area contributed by atoms with Gasteiger partial charge in [0, 0.05) is 44.9 Å². The Kier molecular flexibility index (Phi) is 8.10. The predicted octanol–water partition coefficient (Wildman–Crippen LogP) is 0.850. The highest BCUT2D eigenvalue weighted by atomic mass is 16.6. The average molecular weight is 405 g/mol. The number of carbonyl (C=O) groups is 2. The normalized spacial score (nSPS) is 15.9. The molecule has 0 radical (unpaired) electrons. The highest BCUT2D eigenvalue weighted by Crippen LogP contribution is 2.29. The molecule has 0 aromatic heterocycles. The van der Waals surface area contributed by atoms with Crippen molar-refractivity contribution in [1.29, 1.82) is 0 Å². The average Bonchev–Trinajstić information content (AvgIpc) is 2.72. The van der Waals surface area contributed by atoms with Crippen LogP contribution >= 0.6 is 0 Å². The number of rotatable bonds is 9. The van der Waals surface area contributed by atoms with Crippen molar-refractivity contribution in [3.63, 3.8) is 0 Å². The second-order valence-electron chi connectivity index (χ2n) is 6.71. The molecule has 2 amide bonds. The predicted molar refractivity (Wildman–Crippen MR) is 109 cm³/mol. The lowest BCUT2D eigenvalue weighted by Gasteiger charge is -2.37. The first-order chi connectivity index (χ1) is 13.8. The van der Waals surface area contributed by atoms with Crippen molar-refractivity contribution in [1.82, 2.24) is 15.1 Å². The highest BCUT2D eigenvalue weighted by molar-refractivity contribution is 5.96. The summed E-state index contributed by atoms with van der Waals surface area (Å²) in [6, 6.07) is 3.62. The van der Waals surface area contributed by atoms with Gasteiger partial charge in [-0.25, -0.2) is 0 Å². The molecular weight excluding hydrogens is 378 g/mol. The molecule has 1 aliphatic heterocycles. The smallest absolute Gasteiger partial charge is 0.271 e. The molecule has 10 heteroatoms. The summed E-state index contributed by atoms with van der Waals surface area (Å²) < 4.78 is 5.18. The third-order valence-electron chi connectivity index (χ3n) is 4.80. The van der Waals surface area contributed by atoms with Crippen LogP contribution in [-0.2, 0) is 9.59 Å². The lowest BCUT2D eigenvalue weighted by molar-refractivity contribution is -0.384. The van der Waals surface area contributed by atoms with E-state index in [1.54, 1.807) is 13.0 Å². The fourth-order valence-electron chi connectivity index (χ4n) is 3.06. The Hall–Kier alpha value is -2.98. The summed E-state index contributed by atoms with van der Waals surface area (Å²) in [4.78, 5) is 39.0. The standard InChI is InChI=1S/C19H27N5O5/c1-4-7-20-18(25)13-22-8-10-23(11-9-22)14(2)19(26)21-16-12-15(24(27)28)5-6-17(16)29-3/h4-6,12,14H,1,7-11,13H2,2-3H3,(H,20,25)(H,21,26). The van der Waals surface area contributed by atoms with Gasteiger partial charge in [-0.05, 0) is 13.0 Å². The molecule has 2 N–H and O–H groups in total. The van der Waals surface area contributed by atoms with Crippen LogP contribution in [0.5, 0.6) is 5.75 Å². The van der Waals surface area contributed by atoms with E-state index >= 15 is 0 Å². The molecule has 1 atom stereocenters. The summed E-state index contributed by atoms with van der Waals surface area (Å²) in [6.07, 6.45) is 1.63. The zero-order valence-corrected chi connectivity index (χ0v) is 16.7. The van der Waals surface area contributed by atoms with E-state index < -0.39 is 11.0 Å². The second kappa shape index (κ2) is 10.5. The summed E-state index contributed by atoms with van der Waals surface area (Å²) in [5.74, 6) is 0.0226. The van der Waals surface area contributed by atoms with Crippen molar-refractivity contribution < 1.29 is 19.2 Å². The molecule has 2 rings (SSSR count). The molecule has 1 aliphatic rings. The third-order valence-corrected chi connectivity index (χ3v) is 4.80. The van der Waals surface area contributed by atoms with E-state index in [1.807, 2.05) is 9.80 Å². The number of non-ortho nitro benzene ring substituents is 1. The van der Waals surface area contributed by atoms with Crippen LogP contribution in [0.2, 0.25) is 0 Å². The Morgan fingerprint density at radius 3 is 2.62 bits per heavy atom. The van der Waals surface area contributed by atoms with E-state index in [9.17, 15) is 19.7 Å². The number of ether oxygens (including phenoxy) is 1. The second-order valence-corrected chi connectivity index (χ2v) is 6.71. The summed E-state index contributed by atoms with van der Waals surface area (Å²) in [5.41, 5.74) is 0.133. The van der Waals surface area contributed by atoms with E-state index in [4.69, 9.17) is 4.74 Å². The van der Waals surface area contributed by atoms with Gasteiger partial charge in [0.15, 0.2) is 0 Å². The largest absolute Gasteiger partial charge is 0.495 e. The van der Waals surface area contributed by atoms with Crippen molar-refractivity contribution >= 4 is 23.2 Å². The van der Waals surface area contributed by atoms with Crippen molar-refractivity contribution in [2.45, 2.75) is 13.0 Å². The number of piperazine rings is 1. The van der Waals surface area contributed by atoms with E-state index in [0.29, 0.717) is 45.0 Å². The molecule has 1 fully saturated rings. The lowest BCUT2D eigenvalue weighted by atomic mass is 10.2. The van der Waals surface area contributed by atoms with E-state index in [2.05, 4.69) is 17.2 Å². The van der Waals surface area contributed by atoms with Gasteiger partial charge in [-0.2, -0.15) is 0 Å². The quantitative estimate of drug-likeness (QED) is 0.355. The number of nitrogens with one attached hydrogen (secondary N) is 2. The Morgan fingerprint density at radius 1 is 1.34 bits per heavy atom. The maximum atomic E-state index is 12.7. The summed E-state index contributed by atoms with van der Waals surface area (Å²) in [7, 11) is 1.44. The van der Waals surface area contributed by atoms with Crippen LogP contribution in [-0.4, -0.2) is 79.0 Å². The number of hydrogen-bond acceptors (Lipinski definition) is 7. The van der Waals surface area contributed by atoms with Gasteiger partial charge < -0.3 is 15.4 Å². The van der Waals surface area contributed by atoms with Gasteiger partial charge in [-0.3, -0.25) is 29.5 Å². The minimum Gasteiger partial charge on any atom is -0.495 e. The Labute approximate surface area is 169 Å². The molecular formula is C19H27N5O5. The maximum absolute atomic E-state index is 12.7. The number of benzene rings is 1. The molecule has 158 valence electrons. The number of anilines is 1. The molecule has 1 aromatic rings. The topological polar surface area (TPSA) is 117 Å². The van der Waals surface area contributed by atoms with Crippen LogP contribution < -0.4 is 15.4 Å². The fourth-order valence-corrected chi connectivity index (χ4v) is 3.06. The number of carbonyl (C=O) groups excluding carboxylic acids is 2. The Morgan fingerprint density at radius 2 is 2.03 bits per heavy atom. The number of nitro benzene ring substituents is 1. The zero-order chi connectivity index (χ0) is 21.4. The molecule has 1 unspecified atom stereocenters. The first-order valence-electron chi connectivity index (χ1n) is 9.33. The van der Waals surface area contributed by atoms with Crippen molar-refractivity contribution in [2.75, 3.05) is 51.7 Å². The number of hydrogen-bond donors (Lipinski definition) is 2. The number of amides is 2. The van der Waals surface area contributed by atoms with Gasteiger partial charge in [0.2, 0.25) is 11.8 Å². The number of methoxy groups -OCH3 is 1. The molecule has 0 spiro atoms. The number of nitro groups is 1. The monoisotopic (exact) mass is 405 g/mol. The van der Waals surface area contributed by atoms with Gasteiger partial charge in [-0.1, -0.05) is 6.08 Å². The van der Waals surface area contributed by atoms with Crippen LogP contribution in [0.3, 0.4) is 0 Å². The van der Waals surface area contributed by atoms with Crippen LogP contribution in [0.1, 0.15) is 6.92 Å². The summed E-state index contributed by atoms with van der Waals surface area (Å²) >= 11 is 0. The highest BCUT2D eigenvalue weighted by Gasteiger charge is 2.27. The zero-order valence-electron chi connectivity index (χ0n) is 16.7. The van der Waals surface area contributed by atoms with Crippen LogP contribution in [0.15, 0.2) is 30.9 Å². The first-order valence-corrected chi connectivity index (χ1v) is 9.33. The van der Waals surface area contributed by atoms with Gasteiger partial charge in [0.1, 0.15) is 5.75 Å². The van der Waals surface area contributed by atoms with Gasteiger partial charge >= 0.3 is 0 Å². The maximum Gasteiger partial charge on any atom is 0.271 e. The van der Waals surface area contributed by atoms with Crippen LogP contribution in [0.25, 0.3) is 0 Å². The molecule has 1 saturated heterocycles. The molecule has 10 nitrogen and oxygen atoms in total. The molecule has 0 saturated carbocycles. The SMILES string of the molecule is C=CCNC(=O)CN1CCN(C(C)C(=O)Nc2cc([N+](=O)[O-])ccc2OC)CC1.